The molecule has 0 saturated carbocycles. The van der Waals surface area contributed by atoms with E-state index in [2.05, 4.69) is 5.32 Å². The second kappa shape index (κ2) is 9.29. The Labute approximate surface area is 145 Å². The molecule has 0 spiro atoms. The number of methoxy groups -OCH3 is 1. The van der Waals surface area contributed by atoms with E-state index in [-0.39, 0.29) is 24.5 Å². The van der Waals surface area contributed by atoms with Crippen LogP contribution in [-0.2, 0) is 16.1 Å². The molecule has 0 aliphatic rings. The summed E-state index contributed by atoms with van der Waals surface area (Å²) < 4.78 is 15.3. The largest absolute Gasteiger partial charge is 0.490 e. The van der Waals surface area contributed by atoms with Crippen LogP contribution in [0.15, 0.2) is 48.5 Å². The van der Waals surface area contributed by atoms with Crippen LogP contribution in [0.3, 0.4) is 0 Å². The van der Waals surface area contributed by atoms with Crippen LogP contribution in [-0.4, -0.2) is 37.5 Å². The second-order valence-corrected chi connectivity index (χ2v) is 5.04. The predicted molar refractivity (Wildman–Crippen MR) is 91.0 cm³/mol. The Kier molecular flexibility index (Phi) is 6.79. The molecule has 0 fully saturated rings. The van der Waals surface area contributed by atoms with E-state index in [1.54, 1.807) is 6.07 Å². The number of carboxylic acids is 1. The van der Waals surface area contributed by atoms with E-state index in [0.717, 1.165) is 5.56 Å². The summed E-state index contributed by atoms with van der Waals surface area (Å²) in [5.41, 5.74) is 1.09. The molecule has 0 unspecified atom stereocenters. The van der Waals surface area contributed by atoms with Gasteiger partial charge in [0.2, 0.25) is 0 Å². The molecular formula is C18H19NO6. The average Bonchev–Trinajstić information content (AvgIpc) is 2.62. The summed E-state index contributed by atoms with van der Waals surface area (Å²) in [6.45, 7) is 0.685. The Hall–Kier alpha value is -3.06. The van der Waals surface area contributed by atoms with Crippen molar-refractivity contribution in [2.45, 2.75) is 6.61 Å². The first kappa shape index (κ1) is 18.3. The highest BCUT2D eigenvalue weighted by atomic mass is 16.5. The number of hydrogen-bond acceptors (Lipinski definition) is 5. The molecule has 2 aromatic rings. The number of nitrogens with one attached hydrogen (secondary N) is 1. The number of carboxylic acid groups (broad SMARTS) is 1. The number of carbonyl (C=O) groups is 2. The molecule has 132 valence electrons. The summed E-state index contributed by atoms with van der Waals surface area (Å²) in [5, 5.41) is 11.8. The van der Waals surface area contributed by atoms with Gasteiger partial charge in [-0.2, -0.15) is 0 Å². The molecule has 0 aromatic heterocycles. The van der Waals surface area contributed by atoms with Crippen LogP contribution in [0, 0.1) is 0 Å². The number of amides is 1. The summed E-state index contributed by atoms with van der Waals surface area (Å²) in [6.07, 6.45) is -0.673. The van der Waals surface area contributed by atoms with E-state index in [1.165, 1.54) is 19.2 Å². The van der Waals surface area contributed by atoms with Crippen molar-refractivity contribution in [2.24, 2.45) is 0 Å². The van der Waals surface area contributed by atoms with Gasteiger partial charge in [-0.05, 0) is 23.8 Å². The summed E-state index contributed by atoms with van der Waals surface area (Å²) in [5.74, 6) is -0.957. The van der Waals surface area contributed by atoms with Crippen LogP contribution in [0.4, 0.5) is 10.5 Å². The molecule has 25 heavy (non-hydrogen) atoms. The van der Waals surface area contributed by atoms with Gasteiger partial charge in [-0.3, -0.25) is 5.32 Å². The Morgan fingerprint density at radius 2 is 1.84 bits per heavy atom. The first-order valence-electron chi connectivity index (χ1n) is 7.57. The lowest BCUT2D eigenvalue weighted by Gasteiger charge is -2.11. The van der Waals surface area contributed by atoms with E-state index >= 15 is 0 Å². The fourth-order valence-electron chi connectivity index (χ4n) is 2.01. The lowest BCUT2D eigenvalue weighted by Crippen LogP contribution is -2.14. The number of benzene rings is 2. The van der Waals surface area contributed by atoms with Crippen molar-refractivity contribution in [3.8, 4) is 5.75 Å². The van der Waals surface area contributed by atoms with Gasteiger partial charge in [0.15, 0.2) is 0 Å². The van der Waals surface area contributed by atoms with Gasteiger partial charge in [0.25, 0.3) is 0 Å². The van der Waals surface area contributed by atoms with Gasteiger partial charge >= 0.3 is 12.1 Å². The van der Waals surface area contributed by atoms with Crippen molar-refractivity contribution in [3.63, 3.8) is 0 Å². The predicted octanol–water partition coefficient (Wildman–Crippen LogP) is 3.16. The number of anilines is 1. The van der Waals surface area contributed by atoms with Crippen LogP contribution in [0.1, 0.15) is 15.9 Å². The molecule has 0 bridgehead atoms. The van der Waals surface area contributed by atoms with Crippen LogP contribution in [0.5, 0.6) is 5.75 Å². The molecule has 2 N–H and O–H groups in total. The minimum Gasteiger partial charge on any atom is -0.490 e. The number of aromatic carboxylic acids is 1. The molecular weight excluding hydrogens is 326 g/mol. The molecule has 7 heteroatoms. The standard InChI is InChI=1S/C18H19NO6/c1-23-9-10-24-16-8-7-14(11-15(16)17(20)21)19-18(22)25-12-13-5-3-2-4-6-13/h2-8,11H,9-10,12H2,1H3,(H,19,22)(H,20,21). The monoisotopic (exact) mass is 345 g/mol. The Balaban J connectivity index is 1.97. The van der Waals surface area contributed by atoms with Crippen LogP contribution in [0.25, 0.3) is 0 Å². The molecule has 2 rings (SSSR count). The van der Waals surface area contributed by atoms with E-state index < -0.39 is 12.1 Å². The Bertz CT molecular complexity index is 717. The fourth-order valence-corrected chi connectivity index (χ4v) is 2.01. The highest BCUT2D eigenvalue weighted by molar-refractivity contribution is 5.94. The molecule has 0 atom stereocenters. The van der Waals surface area contributed by atoms with Gasteiger partial charge in [0, 0.05) is 12.8 Å². The first-order chi connectivity index (χ1) is 12.1. The highest BCUT2D eigenvalue weighted by Crippen LogP contribution is 2.23. The first-order valence-corrected chi connectivity index (χ1v) is 7.57. The third-order valence-corrected chi connectivity index (χ3v) is 3.21. The van der Waals surface area contributed by atoms with Crippen molar-refractivity contribution in [1.29, 1.82) is 0 Å². The van der Waals surface area contributed by atoms with Gasteiger partial charge in [0.05, 0.1) is 6.61 Å². The summed E-state index contributed by atoms with van der Waals surface area (Å²) >= 11 is 0. The molecule has 1 amide bonds. The van der Waals surface area contributed by atoms with Crippen LogP contribution >= 0.6 is 0 Å². The van der Waals surface area contributed by atoms with Crippen LogP contribution in [0.2, 0.25) is 0 Å². The molecule has 0 heterocycles. The number of rotatable bonds is 8. The van der Waals surface area contributed by atoms with Crippen molar-refractivity contribution in [1.82, 2.24) is 0 Å². The van der Waals surface area contributed by atoms with Crippen molar-refractivity contribution < 1.29 is 28.9 Å². The SMILES string of the molecule is COCCOc1ccc(NC(=O)OCc2ccccc2)cc1C(=O)O. The van der Waals surface area contributed by atoms with E-state index in [4.69, 9.17) is 14.2 Å². The topological polar surface area (TPSA) is 94.1 Å². The van der Waals surface area contributed by atoms with Crippen LogP contribution < -0.4 is 10.1 Å². The van der Waals surface area contributed by atoms with Gasteiger partial charge in [-0.15, -0.1) is 0 Å². The minimum absolute atomic E-state index is 0.0584. The van der Waals surface area contributed by atoms with Crippen molar-refractivity contribution in [2.75, 3.05) is 25.6 Å². The van der Waals surface area contributed by atoms with E-state index in [1.807, 2.05) is 30.3 Å². The fraction of sp³-hybridized carbons (Fsp3) is 0.222. The van der Waals surface area contributed by atoms with Gasteiger partial charge in [-0.25, -0.2) is 9.59 Å². The Morgan fingerprint density at radius 3 is 2.52 bits per heavy atom. The van der Waals surface area contributed by atoms with Crippen molar-refractivity contribution in [3.05, 3.63) is 59.7 Å². The number of carbonyl (C=O) groups excluding carboxylic acids is 1. The number of hydrogen-bond donors (Lipinski definition) is 2. The molecule has 0 saturated heterocycles. The molecule has 2 aromatic carbocycles. The smallest absolute Gasteiger partial charge is 0.411 e. The number of ether oxygens (including phenoxy) is 3. The highest BCUT2D eigenvalue weighted by Gasteiger charge is 2.14. The summed E-state index contributed by atoms with van der Waals surface area (Å²) in [4.78, 5) is 23.2. The quantitative estimate of drug-likeness (QED) is 0.714. The third-order valence-electron chi connectivity index (χ3n) is 3.21. The van der Waals surface area contributed by atoms with Crippen molar-refractivity contribution >= 4 is 17.7 Å². The lowest BCUT2D eigenvalue weighted by atomic mass is 10.2. The summed E-state index contributed by atoms with van der Waals surface area (Å²) in [7, 11) is 1.52. The van der Waals surface area contributed by atoms with Gasteiger partial charge < -0.3 is 19.3 Å². The van der Waals surface area contributed by atoms with E-state index in [9.17, 15) is 14.7 Å². The molecule has 0 aliphatic heterocycles. The zero-order chi connectivity index (χ0) is 18.1. The van der Waals surface area contributed by atoms with E-state index in [0.29, 0.717) is 12.3 Å². The maximum absolute atomic E-state index is 11.8. The molecule has 0 radical (unpaired) electrons. The lowest BCUT2D eigenvalue weighted by molar-refractivity contribution is 0.0689. The maximum Gasteiger partial charge on any atom is 0.411 e. The minimum atomic E-state index is -1.16. The summed E-state index contributed by atoms with van der Waals surface area (Å²) in [6, 6.07) is 13.6. The van der Waals surface area contributed by atoms with Gasteiger partial charge in [-0.1, -0.05) is 30.3 Å². The molecule has 0 aliphatic carbocycles. The van der Waals surface area contributed by atoms with Gasteiger partial charge in [0.1, 0.15) is 24.5 Å². The third kappa shape index (κ3) is 5.82. The second-order valence-electron chi connectivity index (χ2n) is 5.04. The normalized spacial score (nSPS) is 10.1. The zero-order valence-corrected chi connectivity index (χ0v) is 13.7. The Morgan fingerprint density at radius 1 is 1.08 bits per heavy atom. The zero-order valence-electron chi connectivity index (χ0n) is 13.7. The molecule has 7 nitrogen and oxygen atoms in total. The maximum atomic E-state index is 11.8. The average molecular weight is 345 g/mol.